The van der Waals surface area contributed by atoms with Crippen molar-refractivity contribution in [2.75, 3.05) is 0 Å². The molecule has 1 aliphatic carbocycles. The summed E-state index contributed by atoms with van der Waals surface area (Å²) >= 11 is 6.31. The average Bonchev–Trinajstić information content (AvgIpc) is 2.32. The Morgan fingerprint density at radius 3 is 2.76 bits per heavy atom. The molecular weight excluding hydrogens is 236 g/mol. The summed E-state index contributed by atoms with van der Waals surface area (Å²) in [6.45, 7) is 0. The number of guanidine groups is 1. The molecule has 0 saturated carbocycles. The zero-order chi connectivity index (χ0) is 12.3. The summed E-state index contributed by atoms with van der Waals surface area (Å²) < 4.78 is 0. The zero-order valence-corrected chi connectivity index (χ0v) is 9.98. The van der Waals surface area contributed by atoms with E-state index in [1.54, 1.807) is 6.21 Å². The Bertz CT molecular complexity index is 513. The van der Waals surface area contributed by atoms with E-state index >= 15 is 0 Å². The fourth-order valence-electron chi connectivity index (χ4n) is 1.79. The highest BCUT2D eigenvalue weighted by Gasteiger charge is 2.15. The van der Waals surface area contributed by atoms with Crippen LogP contribution in [0.25, 0.3) is 5.03 Å². The molecule has 0 radical (unpaired) electrons. The first-order chi connectivity index (χ1) is 8.18. The Morgan fingerprint density at radius 2 is 2.00 bits per heavy atom. The third kappa shape index (κ3) is 2.65. The van der Waals surface area contributed by atoms with Gasteiger partial charge in [0, 0.05) is 0 Å². The summed E-state index contributed by atoms with van der Waals surface area (Å²) in [6, 6.07) is 8.08. The number of nitrogens with two attached hydrogens (primary N) is 2. The van der Waals surface area contributed by atoms with Gasteiger partial charge in [0.1, 0.15) is 0 Å². The van der Waals surface area contributed by atoms with Crippen molar-refractivity contribution in [3.05, 3.63) is 41.0 Å². The molecule has 0 heterocycles. The molecule has 5 heteroatoms. The summed E-state index contributed by atoms with van der Waals surface area (Å²) in [6.07, 6.45) is 3.41. The molecule has 0 spiro atoms. The van der Waals surface area contributed by atoms with Crippen LogP contribution in [0.5, 0.6) is 0 Å². The zero-order valence-electron chi connectivity index (χ0n) is 9.23. The predicted octanol–water partition coefficient (Wildman–Crippen LogP) is 1.84. The second-order valence-corrected chi connectivity index (χ2v) is 4.14. The standard InChI is InChI=1S/C12H13ClN4/c13-11-9(7-16-17-12(14)15)6-5-8-3-1-2-4-10(8)11/h1-4,7H,5-6H2,(H4,14,15,17)/b16-7-. The van der Waals surface area contributed by atoms with E-state index in [1.165, 1.54) is 5.56 Å². The quantitative estimate of drug-likeness (QED) is 0.476. The van der Waals surface area contributed by atoms with Crippen LogP contribution in [0.3, 0.4) is 0 Å². The Kier molecular flexibility index (Phi) is 3.44. The molecule has 2 rings (SSSR count). The van der Waals surface area contributed by atoms with Crippen LogP contribution in [-0.4, -0.2) is 12.2 Å². The molecule has 17 heavy (non-hydrogen) atoms. The van der Waals surface area contributed by atoms with Crippen molar-refractivity contribution in [1.29, 1.82) is 0 Å². The monoisotopic (exact) mass is 248 g/mol. The van der Waals surface area contributed by atoms with Gasteiger partial charge in [-0.2, -0.15) is 5.10 Å². The van der Waals surface area contributed by atoms with Crippen LogP contribution >= 0.6 is 11.6 Å². The maximum atomic E-state index is 6.31. The number of rotatable bonds is 2. The first kappa shape index (κ1) is 11.7. The molecule has 88 valence electrons. The van der Waals surface area contributed by atoms with Crippen LogP contribution in [0.4, 0.5) is 0 Å². The number of aryl methyl sites for hydroxylation is 1. The summed E-state index contributed by atoms with van der Waals surface area (Å²) in [5.41, 5.74) is 13.6. The minimum Gasteiger partial charge on any atom is -0.369 e. The number of fused-ring (bicyclic) bond motifs is 1. The maximum absolute atomic E-state index is 6.31. The second-order valence-electron chi connectivity index (χ2n) is 3.77. The first-order valence-electron chi connectivity index (χ1n) is 5.27. The van der Waals surface area contributed by atoms with Crippen LogP contribution in [-0.2, 0) is 6.42 Å². The van der Waals surface area contributed by atoms with Crippen molar-refractivity contribution in [2.24, 2.45) is 21.7 Å². The molecular formula is C12H13ClN4. The molecule has 0 fully saturated rings. The largest absolute Gasteiger partial charge is 0.369 e. The Hall–Kier alpha value is -1.81. The summed E-state index contributed by atoms with van der Waals surface area (Å²) in [5, 5.41) is 8.07. The second kappa shape index (κ2) is 5.01. The summed E-state index contributed by atoms with van der Waals surface area (Å²) in [5.74, 6) is -0.0609. The van der Waals surface area contributed by atoms with Crippen LogP contribution in [0.1, 0.15) is 17.5 Å². The third-order valence-electron chi connectivity index (χ3n) is 2.59. The van der Waals surface area contributed by atoms with E-state index < -0.39 is 0 Å². The van der Waals surface area contributed by atoms with Gasteiger partial charge in [-0.15, -0.1) is 5.10 Å². The number of hydrogen-bond donors (Lipinski definition) is 2. The van der Waals surface area contributed by atoms with Gasteiger partial charge in [0.2, 0.25) is 5.96 Å². The molecule has 4 N–H and O–H groups in total. The van der Waals surface area contributed by atoms with E-state index in [9.17, 15) is 0 Å². The number of allylic oxidation sites excluding steroid dienone is 1. The van der Waals surface area contributed by atoms with Crippen LogP contribution in [0.2, 0.25) is 0 Å². The highest BCUT2D eigenvalue weighted by Crippen LogP contribution is 2.32. The fourth-order valence-corrected chi connectivity index (χ4v) is 2.12. The number of nitrogens with zero attached hydrogens (tertiary/aromatic N) is 2. The third-order valence-corrected chi connectivity index (χ3v) is 3.03. The van der Waals surface area contributed by atoms with Gasteiger partial charge < -0.3 is 11.5 Å². The van der Waals surface area contributed by atoms with Gasteiger partial charge in [0.05, 0.1) is 11.2 Å². The van der Waals surface area contributed by atoms with Crippen LogP contribution < -0.4 is 11.5 Å². The fraction of sp³-hybridized carbons (Fsp3) is 0.167. The van der Waals surface area contributed by atoms with Crippen molar-refractivity contribution in [3.8, 4) is 0 Å². The van der Waals surface area contributed by atoms with Gasteiger partial charge in [-0.1, -0.05) is 35.9 Å². The lowest BCUT2D eigenvalue weighted by atomic mass is 9.92. The maximum Gasteiger partial charge on any atom is 0.211 e. The normalized spacial score (nSPS) is 14.9. The lowest BCUT2D eigenvalue weighted by Crippen LogP contribution is -2.21. The lowest BCUT2D eigenvalue weighted by Gasteiger charge is -2.16. The van der Waals surface area contributed by atoms with Crippen molar-refractivity contribution in [1.82, 2.24) is 0 Å². The van der Waals surface area contributed by atoms with E-state index in [0.717, 1.165) is 29.0 Å². The van der Waals surface area contributed by atoms with Gasteiger partial charge >= 0.3 is 0 Å². The van der Waals surface area contributed by atoms with Gasteiger partial charge in [0.25, 0.3) is 0 Å². The van der Waals surface area contributed by atoms with Crippen LogP contribution in [0.15, 0.2) is 40.0 Å². The van der Waals surface area contributed by atoms with Crippen molar-refractivity contribution >= 4 is 28.8 Å². The minimum atomic E-state index is -0.0609. The van der Waals surface area contributed by atoms with E-state index in [0.29, 0.717) is 0 Å². The van der Waals surface area contributed by atoms with E-state index in [-0.39, 0.29) is 5.96 Å². The molecule has 4 nitrogen and oxygen atoms in total. The van der Waals surface area contributed by atoms with E-state index in [1.807, 2.05) is 18.2 Å². The number of hydrogen-bond acceptors (Lipinski definition) is 2. The molecule has 0 aliphatic heterocycles. The average molecular weight is 249 g/mol. The number of halogens is 1. The molecule has 0 aromatic heterocycles. The first-order valence-corrected chi connectivity index (χ1v) is 5.65. The van der Waals surface area contributed by atoms with Crippen molar-refractivity contribution in [3.63, 3.8) is 0 Å². The minimum absolute atomic E-state index is 0.0609. The van der Waals surface area contributed by atoms with E-state index in [2.05, 4.69) is 16.3 Å². The summed E-state index contributed by atoms with van der Waals surface area (Å²) in [7, 11) is 0. The Morgan fingerprint density at radius 1 is 1.24 bits per heavy atom. The van der Waals surface area contributed by atoms with Gasteiger partial charge in [-0.25, -0.2) is 0 Å². The molecule has 0 amide bonds. The van der Waals surface area contributed by atoms with Crippen molar-refractivity contribution < 1.29 is 0 Å². The molecule has 0 unspecified atom stereocenters. The van der Waals surface area contributed by atoms with Crippen LogP contribution in [0, 0.1) is 0 Å². The predicted molar refractivity (Wildman–Crippen MR) is 71.8 cm³/mol. The highest BCUT2D eigenvalue weighted by molar-refractivity contribution is 6.50. The smallest absolute Gasteiger partial charge is 0.211 e. The van der Waals surface area contributed by atoms with Crippen molar-refractivity contribution in [2.45, 2.75) is 12.8 Å². The SMILES string of the molecule is NC(N)=N/N=C\C1=C(Cl)c2ccccc2CC1. The number of benzene rings is 1. The topological polar surface area (TPSA) is 76.8 Å². The van der Waals surface area contributed by atoms with E-state index in [4.69, 9.17) is 23.1 Å². The van der Waals surface area contributed by atoms with Gasteiger partial charge in [-0.05, 0) is 29.5 Å². The molecule has 1 aromatic rings. The molecule has 0 atom stereocenters. The molecule has 1 aromatic carbocycles. The van der Waals surface area contributed by atoms with Gasteiger partial charge in [-0.3, -0.25) is 0 Å². The molecule has 0 bridgehead atoms. The molecule has 1 aliphatic rings. The Balaban J connectivity index is 2.31. The highest BCUT2D eigenvalue weighted by atomic mass is 35.5. The van der Waals surface area contributed by atoms with Gasteiger partial charge in [0.15, 0.2) is 0 Å². The Labute approximate surface area is 105 Å². The molecule has 0 saturated heterocycles. The lowest BCUT2D eigenvalue weighted by molar-refractivity contribution is 0.959. The summed E-state index contributed by atoms with van der Waals surface area (Å²) in [4.78, 5) is 0.